The molecule has 0 radical (unpaired) electrons. The van der Waals surface area contributed by atoms with Crippen molar-refractivity contribution in [2.24, 2.45) is 0 Å². The Morgan fingerprint density at radius 1 is 0.930 bits per heavy atom. The average molecular weight is 813 g/mol. The minimum absolute atomic E-state index is 0.133. The fourth-order valence-corrected chi connectivity index (χ4v) is 12.3. The van der Waals surface area contributed by atoms with Crippen LogP contribution in [-0.4, -0.2) is 74.7 Å². The zero-order valence-corrected chi connectivity index (χ0v) is 36.1. The molecule has 9 nitrogen and oxygen atoms in total. The lowest BCUT2D eigenvalue weighted by atomic mass is 10.0. The largest absolute Gasteiger partial charge is 0.507 e. The van der Waals surface area contributed by atoms with Crippen LogP contribution in [0.25, 0.3) is 6.08 Å². The molecule has 0 aromatic heterocycles. The number of amides is 1. The van der Waals surface area contributed by atoms with Gasteiger partial charge in [0.25, 0.3) is 8.32 Å². The normalized spacial score (nSPS) is 15.1. The van der Waals surface area contributed by atoms with Crippen LogP contribution in [-0.2, 0) is 15.7 Å². The molecule has 1 heterocycles. The number of nitrogens with one attached hydrogen (secondary N) is 2. The topological polar surface area (TPSA) is 109 Å². The molecular formula is C46H58ClN3O6Si. The second kappa shape index (κ2) is 19.2. The van der Waals surface area contributed by atoms with Gasteiger partial charge in [-0.3, -0.25) is 9.69 Å². The van der Waals surface area contributed by atoms with Crippen LogP contribution in [0.4, 0.5) is 10.5 Å². The van der Waals surface area contributed by atoms with E-state index in [0.29, 0.717) is 49.2 Å². The molecule has 4 aromatic rings. The molecule has 1 fully saturated rings. The van der Waals surface area contributed by atoms with Crippen LogP contribution < -0.4 is 25.7 Å². The maximum absolute atomic E-state index is 13.6. The maximum atomic E-state index is 13.6. The summed E-state index contributed by atoms with van der Waals surface area (Å²) in [6, 6.07) is 30.3. The second-order valence-electron chi connectivity index (χ2n) is 16.4. The van der Waals surface area contributed by atoms with Crippen LogP contribution in [0.1, 0.15) is 82.8 Å². The molecule has 1 atom stereocenters. The molecule has 0 unspecified atom stereocenters. The molecule has 0 saturated carbocycles. The van der Waals surface area contributed by atoms with E-state index in [1.165, 1.54) is 16.4 Å². The van der Waals surface area contributed by atoms with Crippen LogP contribution in [0.2, 0.25) is 10.1 Å². The molecule has 5 rings (SSSR count). The van der Waals surface area contributed by atoms with Crippen molar-refractivity contribution in [3.05, 3.63) is 119 Å². The number of alkyl carbamates (subject to hydrolysis) is 1. The van der Waals surface area contributed by atoms with Gasteiger partial charge in [0.2, 0.25) is 0 Å². The molecule has 0 spiro atoms. The molecular weight excluding hydrogens is 754 g/mol. The number of carbonyl (C=O) groups excluding carboxylic acids is 2. The Morgan fingerprint density at radius 3 is 2.19 bits per heavy atom. The Labute approximate surface area is 344 Å². The first-order valence-corrected chi connectivity index (χ1v) is 22.1. The number of halogens is 1. The number of ketones is 1. The summed E-state index contributed by atoms with van der Waals surface area (Å²) in [6.07, 6.45) is 4.62. The van der Waals surface area contributed by atoms with E-state index in [1.54, 1.807) is 24.3 Å². The fraction of sp³-hybridized carbons (Fsp3) is 0.391. The minimum atomic E-state index is -2.72. The number of phenolic OH excluding ortho intramolecular Hbond substituents is 1. The predicted molar refractivity (Wildman–Crippen MR) is 234 cm³/mol. The first kappa shape index (κ1) is 43.5. The molecule has 1 saturated heterocycles. The summed E-state index contributed by atoms with van der Waals surface area (Å²) in [4.78, 5) is 27.9. The molecule has 1 aliphatic heterocycles. The van der Waals surface area contributed by atoms with Gasteiger partial charge in [-0.2, -0.15) is 0 Å². The zero-order chi connectivity index (χ0) is 41.2. The number of rotatable bonds is 16. The van der Waals surface area contributed by atoms with Gasteiger partial charge < -0.3 is 29.6 Å². The molecule has 0 bridgehead atoms. The van der Waals surface area contributed by atoms with Gasteiger partial charge >= 0.3 is 6.09 Å². The highest BCUT2D eigenvalue weighted by Gasteiger charge is 2.50. The fourth-order valence-electron chi connectivity index (χ4n) is 7.43. The number of hydrogen-bond donors (Lipinski definition) is 3. The molecule has 3 N–H and O–H groups in total. The van der Waals surface area contributed by atoms with Crippen LogP contribution in [0.3, 0.4) is 0 Å². The van der Waals surface area contributed by atoms with Gasteiger partial charge in [0.1, 0.15) is 17.1 Å². The Kier molecular flexibility index (Phi) is 14.7. The summed E-state index contributed by atoms with van der Waals surface area (Å²) >= 11 is 6.59. The number of anilines is 1. The van der Waals surface area contributed by atoms with E-state index in [2.05, 4.69) is 97.0 Å². The molecule has 0 aliphatic carbocycles. The van der Waals surface area contributed by atoms with E-state index in [9.17, 15) is 14.7 Å². The van der Waals surface area contributed by atoms with Gasteiger partial charge in [0.05, 0.1) is 18.8 Å². The number of hydrogen-bond acceptors (Lipinski definition) is 8. The summed E-state index contributed by atoms with van der Waals surface area (Å²) in [5, 5.41) is 19.8. The third-order valence-electron chi connectivity index (χ3n) is 10.1. The maximum Gasteiger partial charge on any atom is 0.407 e. The Bertz CT molecular complexity index is 1960. The van der Waals surface area contributed by atoms with Crippen molar-refractivity contribution in [3.8, 4) is 11.5 Å². The van der Waals surface area contributed by atoms with Gasteiger partial charge in [-0.05, 0) is 98.4 Å². The lowest BCUT2D eigenvalue weighted by molar-refractivity contribution is 0.0529. The molecule has 4 aromatic carbocycles. The van der Waals surface area contributed by atoms with Crippen molar-refractivity contribution in [2.75, 3.05) is 38.2 Å². The van der Waals surface area contributed by atoms with Gasteiger partial charge in [-0.1, -0.05) is 99.1 Å². The third kappa shape index (κ3) is 11.3. The van der Waals surface area contributed by atoms with Crippen molar-refractivity contribution in [1.29, 1.82) is 0 Å². The van der Waals surface area contributed by atoms with Gasteiger partial charge in [0, 0.05) is 48.0 Å². The zero-order valence-electron chi connectivity index (χ0n) is 34.4. The summed E-state index contributed by atoms with van der Waals surface area (Å²) < 4.78 is 18.6. The van der Waals surface area contributed by atoms with Crippen LogP contribution in [0.15, 0.2) is 97.1 Å². The Hall–Kier alpha value is -4.61. The van der Waals surface area contributed by atoms with Crippen molar-refractivity contribution in [3.63, 3.8) is 0 Å². The van der Waals surface area contributed by atoms with Crippen molar-refractivity contribution in [1.82, 2.24) is 10.2 Å². The summed E-state index contributed by atoms with van der Waals surface area (Å²) in [7, 11) is -2.72. The van der Waals surface area contributed by atoms with Gasteiger partial charge in [0.15, 0.2) is 5.78 Å². The Morgan fingerprint density at radius 2 is 1.60 bits per heavy atom. The highest BCUT2D eigenvalue weighted by Crippen LogP contribution is 2.38. The van der Waals surface area contributed by atoms with E-state index in [0.717, 1.165) is 30.6 Å². The highest BCUT2D eigenvalue weighted by atomic mass is 35.5. The Balaban J connectivity index is 1.29. The SMILES string of the molecule is CCOc1cc(O)c(C(=O)/C=C/c2ccc(NCCNC(=O)OC(C)(C)C)cc2Cl)cc1CN1CCC[C@@H]1CO[Si](c1ccccc1)(c1ccccc1)C(C)(C)C. The van der Waals surface area contributed by atoms with Crippen molar-refractivity contribution >= 4 is 53.9 Å². The van der Waals surface area contributed by atoms with E-state index >= 15 is 0 Å². The summed E-state index contributed by atoms with van der Waals surface area (Å²) in [5.74, 6) is 0.0632. The number of nitrogens with zero attached hydrogens (tertiary/aromatic N) is 1. The predicted octanol–water partition coefficient (Wildman–Crippen LogP) is 8.82. The number of phenols is 1. The summed E-state index contributed by atoms with van der Waals surface area (Å²) in [6.45, 7) is 17.5. The van der Waals surface area contributed by atoms with Crippen LogP contribution in [0, 0.1) is 0 Å². The number of allylic oxidation sites excluding steroid dienone is 1. The molecule has 11 heteroatoms. The lowest BCUT2D eigenvalue weighted by Gasteiger charge is -2.44. The number of aromatic hydroxyl groups is 1. The smallest absolute Gasteiger partial charge is 0.407 e. The standard InChI is InChI=1S/C46H58ClN3O6Si/c1-8-54-43-30-42(52)39(41(51)24-22-33-21-23-35(29-40(33)47)48-25-26-49-44(53)56-45(2,3)4)28-34(43)31-50-27-15-16-36(50)32-55-57(46(5,6)7,37-17-11-9-12-18-37)38-19-13-10-14-20-38/h9-14,17-24,28-30,36,48,52H,8,15-16,25-27,31-32H2,1-7H3,(H,49,53)/b24-22+/t36-/m1/s1. The number of benzene rings is 4. The van der Waals surface area contributed by atoms with Crippen LogP contribution in [0.5, 0.6) is 11.5 Å². The quantitative estimate of drug-likeness (QED) is 0.0446. The first-order chi connectivity index (χ1) is 27.1. The monoisotopic (exact) mass is 811 g/mol. The number of likely N-dealkylation sites (tertiary alicyclic amines) is 1. The van der Waals surface area contributed by atoms with Gasteiger partial charge in [-0.25, -0.2) is 4.79 Å². The van der Waals surface area contributed by atoms with Crippen LogP contribution >= 0.6 is 11.6 Å². The lowest BCUT2D eigenvalue weighted by Crippen LogP contribution is -2.67. The van der Waals surface area contributed by atoms with E-state index < -0.39 is 20.0 Å². The molecule has 304 valence electrons. The van der Waals surface area contributed by atoms with E-state index in [4.69, 9.17) is 25.5 Å². The number of carbonyl (C=O) groups is 2. The molecule has 1 amide bonds. The average Bonchev–Trinajstić information content (AvgIpc) is 3.60. The molecule has 1 aliphatic rings. The van der Waals surface area contributed by atoms with Gasteiger partial charge in [-0.15, -0.1) is 0 Å². The minimum Gasteiger partial charge on any atom is -0.507 e. The molecule has 57 heavy (non-hydrogen) atoms. The van der Waals surface area contributed by atoms with Crippen molar-refractivity contribution < 1.29 is 28.6 Å². The van der Waals surface area contributed by atoms with E-state index in [1.807, 2.05) is 39.8 Å². The summed E-state index contributed by atoms with van der Waals surface area (Å²) in [5.41, 5.74) is 1.87. The number of ether oxygens (including phenoxy) is 2. The first-order valence-electron chi connectivity index (χ1n) is 19.8. The van der Waals surface area contributed by atoms with E-state index in [-0.39, 0.29) is 28.2 Å². The van der Waals surface area contributed by atoms with Crippen molar-refractivity contribution in [2.45, 2.75) is 84.5 Å². The second-order valence-corrected chi connectivity index (χ2v) is 21.2. The third-order valence-corrected chi connectivity index (χ3v) is 15.4. The highest BCUT2D eigenvalue weighted by molar-refractivity contribution is 6.99.